The Morgan fingerprint density at radius 1 is 1.44 bits per heavy atom. The van der Waals surface area contributed by atoms with Crippen molar-refractivity contribution in [1.29, 1.82) is 0 Å². The van der Waals surface area contributed by atoms with Crippen LogP contribution in [-0.2, 0) is 0 Å². The fourth-order valence-electron chi connectivity index (χ4n) is 0.623. The normalized spacial score (nSPS) is 9.67. The summed E-state index contributed by atoms with van der Waals surface area (Å²) >= 11 is 6.58. The van der Waals surface area contributed by atoms with Gasteiger partial charge in [0.1, 0.15) is 0 Å². The number of hydrogen-bond acceptors (Lipinski definition) is 1. The number of benzene rings is 1. The third-order valence-corrected chi connectivity index (χ3v) is 3.11. The highest BCUT2D eigenvalue weighted by Crippen LogP contribution is 2.19. The first-order chi connectivity index (χ1) is 4.22. The summed E-state index contributed by atoms with van der Waals surface area (Å²) in [6, 6.07) is 6.15. The molecule has 1 aromatic rings. The van der Waals surface area contributed by atoms with Crippen LogP contribution in [0.5, 0.6) is 0 Å². The van der Waals surface area contributed by atoms with Crippen molar-refractivity contribution in [2.24, 2.45) is 0 Å². The van der Waals surface area contributed by atoms with E-state index in [1.807, 2.05) is 6.07 Å². The molecule has 2 heteroatoms. The highest BCUT2D eigenvalue weighted by atomic mass is 127. The molecule has 1 aromatic carbocycles. The molecule has 0 aliphatic heterocycles. The lowest BCUT2D eigenvalue weighted by atomic mass is 10.2. The largest absolute Gasteiger partial charge is 0.142 e. The molecule has 9 heavy (non-hydrogen) atoms. The van der Waals surface area contributed by atoms with Gasteiger partial charge in [0.15, 0.2) is 0 Å². The zero-order valence-electron chi connectivity index (χ0n) is 5.06. The van der Waals surface area contributed by atoms with E-state index >= 15 is 0 Å². The molecule has 0 atom stereocenters. The summed E-state index contributed by atoms with van der Waals surface area (Å²) in [6.45, 7) is 2.06. The molecule has 0 N–H and O–H groups in total. The van der Waals surface area contributed by atoms with E-state index in [9.17, 15) is 0 Å². The van der Waals surface area contributed by atoms with Crippen LogP contribution in [0.1, 0.15) is 5.56 Å². The van der Waals surface area contributed by atoms with E-state index in [0.717, 1.165) is 4.90 Å². The Morgan fingerprint density at radius 3 is 2.56 bits per heavy atom. The second-order valence-electron chi connectivity index (χ2n) is 1.91. The zero-order valence-corrected chi connectivity index (χ0v) is 8.11. The summed E-state index contributed by atoms with van der Waals surface area (Å²) in [4.78, 5) is 1.10. The van der Waals surface area contributed by atoms with Crippen molar-refractivity contribution in [3.63, 3.8) is 0 Å². The molecule has 0 aliphatic carbocycles. The summed E-state index contributed by atoms with van der Waals surface area (Å²) in [7, 11) is 0. The Bertz CT molecular complexity index is 200. The van der Waals surface area contributed by atoms with Gasteiger partial charge in [-0.15, -0.1) is 12.6 Å². The standard InChI is InChI=1S/C7H7IS/c1-5-3-2-4-6(8)7(5)9/h2-4,9H,1H3. The average molecular weight is 250 g/mol. The van der Waals surface area contributed by atoms with E-state index in [0.29, 0.717) is 0 Å². The van der Waals surface area contributed by atoms with Gasteiger partial charge in [-0.3, -0.25) is 0 Å². The first kappa shape index (κ1) is 7.41. The van der Waals surface area contributed by atoms with Gasteiger partial charge in [0.25, 0.3) is 0 Å². The van der Waals surface area contributed by atoms with E-state index in [1.165, 1.54) is 9.13 Å². The number of aryl methyl sites for hydroxylation is 1. The molecule has 0 saturated carbocycles. The van der Waals surface area contributed by atoms with Gasteiger partial charge in [-0.05, 0) is 41.1 Å². The minimum atomic E-state index is 1.10. The maximum Gasteiger partial charge on any atom is 0.0266 e. The van der Waals surface area contributed by atoms with Crippen molar-refractivity contribution >= 4 is 35.2 Å². The van der Waals surface area contributed by atoms with Crippen molar-refractivity contribution in [3.05, 3.63) is 27.3 Å². The first-order valence-corrected chi connectivity index (χ1v) is 4.18. The minimum Gasteiger partial charge on any atom is -0.142 e. The van der Waals surface area contributed by atoms with Crippen LogP contribution in [-0.4, -0.2) is 0 Å². The van der Waals surface area contributed by atoms with Crippen molar-refractivity contribution in [2.45, 2.75) is 11.8 Å². The third kappa shape index (κ3) is 1.61. The number of halogens is 1. The Kier molecular flexibility index (Phi) is 2.41. The molecule has 0 spiro atoms. The fourth-order valence-corrected chi connectivity index (χ4v) is 1.41. The van der Waals surface area contributed by atoms with Gasteiger partial charge in [0.05, 0.1) is 0 Å². The van der Waals surface area contributed by atoms with E-state index in [4.69, 9.17) is 0 Å². The summed E-state index contributed by atoms with van der Waals surface area (Å²) in [6.07, 6.45) is 0. The second-order valence-corrected chi connectivity index (χ2v) is 3.51. The third-order valence-electron chi connectivity index (χ3n) is 1.19. The van der Waals surface area contributed by atoms with Crippen LogP contribution in [0.3, 0.4) is 0 Å². The Hall–Kier alpha value is 0.300. The van der Waals surface area contributed by atoms with Gasteiger partial charge in [-0.1, -0.05) is 12.1 Å². The van der Waals surface area contributed by atoms with Crippen molar-refractivity contribution in [1.82, 2.24) is 0 Å². The monoisotopic (exact) mass is 250 g/mol. The first-order valence-electron chi connectivity index (χ1n) is 2.66. The van der Waals surface area contributed by atoms with Gasteiger partial charge < -0.3 is 0 Å². The molecule has 0 heterocycles. The van der Waals surface area contributed by atoms with Crippen molar-refractivity contribution in [2.75, 3.05) is 0 Å². The van der Waals surface area contributed by atoms with Gasteiger partial charge >= 0.3 is 0 Å². The van der Waals surface area contributed by atoms with Gasteiger partial charge in [-0.2, -0.15) is 0 Å². The molecule has 0 bridgehead atoms. The van der Waals surface area contributed by atoms with Crippen LogP contribution in [0, 0.1) is 10.5 Å². The predicted molar refractivity (Wildman–Crippen MR) is 51.1 cm³/mol. The molecule has 0 fully saturated rings. The van der Waals surface area contributed by atoms with Crippen LogP contribution in [0.25, 0.3) is 0 Å². The smallest absolute Gasteiger partial charge is 0.0266 e. The van der Waals surface area contributed by atoms with Crippen LogP contribution in [0.4, 0.5) is 0 Å². The van der Waals surface area contributed by atoms with E-state index in [-0.39, 0.29) is 0 Å². The molecule has 48 valence electrons. The van der Waals surface area contributed by atoms with Gasteiger partial charge in [0, 0.05) is 8.47 Å². The Labute approximate surface area is 74.2 Å². The minimum absolute atomic E-state index is 1.10. The molecule has 0 saturated heterocycles. The number of thiol groups is 1. The topological polar surface area (TPSA) is 0 Å². The zero-order chi connectivity index (χ0) is 6.85. The van der Waals surface area contributed by atoms with E-state index in [1.54, 1.807) is 0 Å². The Morgan fingerprint density at radius 2 is 2.11 bits per heavy atom. The molecule has 0 aliphatic rings. The average Bonchev–Trinajstić information content (AvgIpc) is 1.83. The molecule has 0 aromatic heterocycles. The molecule has 1 rings (SSSR count). The van der Waals surface area contributed by atoms with Gasteiger partial charge in [0.2, 0.25) is 0 Å². The number of rotatable bonds is 0. The number of hydrogen-bond donors (Lipinski definition) is 1. The van der Waals surface area contributed by atoms with Crippen LogP contribution in [0.2, 0.25) is 0 Å². The fraction of sp³-hybridized carbons (Fsp3) is 0.143. The highest BCUT2D eigenvalue weighted by Gasteiger charge is 1.94. The molecule has 0 radical (unpaired) electrons. The molecular formula is C7H7IS. The van der Waals surface area contributed by atoms with E-state index < -0.39 is 0 Å². The lowest BCUT2D eigenvalue weighted by Crippen LogP contribution is -1.78. The Balaban J connectivity index is 3.25. The van der Waals surface area contributed by atoms with Crippen molar-refractivity contribution < 1.29 is 0 Å². The maximum absolute atomic E-state index is 4.30. The second kappa shape index (κ2) is 2.92. The maximum atomic E-state index is 4.30. The summed E-state index contributed by atoms with van der Waals surface area (Å²) in [5, 5.41) is 0. The quantitative estimate of drug-likeness (QED) is 0.531. The molecule has 0 amide bonds. The van der Waals surface area contributed by atoms with Crippen LogP contribution < -0.4 is 0 Å². The summed E-state index contributed by atoms with van der Waals surface area (Å²) < 4.78 is 1.22. The SMILES string of the molecule is Cc1cccc(I)c1S. The summed E-state index contributed by atoms with van der Waals surface area (Å²) in [5.74, 6) is 0. The summed E-state index contributed by atoms with van der Waals surface area (Å²) in [5.41, 5.74) is 1.24. The molecular weight excluding hydrogens is 243 g/mol. The lowest BCUT2D eigenvalue weighted by Gasteiger charge is -1.98. The van der Waals surface area contributed by atoms with E-state index in [2.05, 4.69) is 54.3 Å². The molecule has 0 nitrogen and oxygen atoms in total. The highest BCUT2D eigenvalue weighted by molar-refractivity contribution is 14.1. The van der Waals surface area contributed by atoms with Crippen molar-refractivity contribution in [3.8, 4) is 0 Å². The van der Waals surface area contributed by atoms with Crippen LogP contribution >= 0.6 is 35.2 Å². The van der Waals surface area contributed by atoms with Crippen LogP contribution in [0.15, 0.2) is 23.1 Å². The molecule has 0 unspecified atom stereocenters. The van der Waals surface area contributed by atoms with Gasteiger partial charge in [-0.25, -0.2) is 0 Å². The predicted octanol–water partition coefficient (Wildman–Crippen LogP) is 2.89. The lowest BCUT2D eigenvalue weighted by molar-refractivity contribution is 1.28.